The van der Waals surface area contributed by atoms with Crippen molar-refractivity contribution in [1.82, 2.24) is 5.32 Å². The van der Waals surface area contributed by atoms with Crippen LogP contribution >= 0.6 is 11.8 Å². The minimum atomic E-state index is -0.516. The van der Waals surface area contributed by atoms with Crippen LogP contribution in [-0.4, -0.2) is 25.7 Å². The Hall–Kier alpha value is -2.99. The van der Waals surface area contributed by atoms with Gasteiger partial charge in [-0.1, -0.05) is 55.5 Å². The standard InChI is InChI=1S/C24H23NO4S/c1-3-17-21(23(26)28-2)20(22-18(25-17)13-29-24(22)27)16-11-7-8-12-19(16)30-14-15-9-5-4-6-10-15/h4-12,20,25H,3,13-14H2,1-2H3. The first-order valence-corrected chi connectivity index (χ1v) is 10.9. The van der Waals surface area contributed by atoms with Gasteiger partial charge in [0.05, 0.1) is 29.9 Å². The highest BCUT2D eigenvalue weighted by atomic mass is 32.2. The van der Waals surface area contributed by atoms with Crippen molar-refractivity contribution in [2.75, 3.05) is 13.7 Å². The zero-order valence-electron chi connectivity index (χ0n) is 16.9. The molecule has 0 fully saturated rings. The summed E-state index contributed by atoms with van der Waals surface area (Å²) in [4.78, 5) is 26.5. The van der Waals surface area contributed by atoms with Gasteiger partial charge >= 0.3 is 11.9 Å². The van der Waals surface area contributed by atoms with Gasteiger partial charge < -0.3 is 14.8 Å². The molecule has 0 spiro atoms. The zero-order valence-corrected chi connectivity index (χ0v) is 17.8. The molecule has 2 aromatic carbocycles. The van der Waals surface area contributed by atoms with E-state index in [4.69, 9.17) is 9.47 Å². The molecule has 0 aliphatic carbocycles. The quantitative estimate of drug-likeness (QED) is 0.554. The number of dihydropyridines is 1. The number of carbonyl (C=O) groups is 2. The van der Waals surface area contributed by atoms with E-state index in [2.05, 4.69) is 17.4 Å². The van der Waals surface area contributed by atoms with Crippen molar-refractivity contribution in [2.45, 2.75) is 29.9 Å². The molecule has 6 heteroatoms. The summed E-state index contributed by atoms with van der Waals surface area (Å²) < 4.78 is 10.4. The van der Waals surface area contributed by atoms with Crippen molar-refractivity contribution in [1.29, 1.82) is 0 Å². The van der Waals surface area contributed by atoms with E-state index < -0.39 is 11.9 Å². The van der Waals surface area contributed by atoms with Crippen LogP contribution < -0.4 is 5.32 Å². The first-order chi connectivity index (χ1) is 14.6. The van der Waals surface area contributed by atoms with E-state index in [1.54, 1.807) is 11.8 Å². The lowest BCUT2D eigenvalue weighted by atomic mass is 9.80. The topological polar surface area (TPSA) is 64.6 Å². The SMILES string of the molecule is CCC1=C(C(=O)OC)C(c2ccccc2SCc2ccccc2)C2=C(COC2=O)N1. The molecule has 2 heterocycles. The smallest absolute Gasteiger partial charge is 0.337 e. The van der Waals surface area contributed by atoms with Gasteiger partial charge in [-0.3, -0.25) is 0 Å². The Kier molecular flexibility index (Phi) is 5.95. The van der Waals surface area contributed by atoms with Gasteiger partial charge in [0, 0.05) is 16.3 Å². The summed E-state index contributed by atoms with van der Waals surface area (Å²) in [5.74, 6) is -0.546. The maximum Gasteiger partial charge on any atom is 0.337 e. The maximum absolute atomic E-state index is 12.8. The molecule has 5 nitrogen and oxygen atoms in total. The Bertz CT molecular complexity index is 1040. The van der Waals surface area contributed by atoms with Gasteiger partial charge in [0.1, 0.15) is 6.61 Å². The van der Waals surface area contributed by atoms with Crippen LogP contribution in [-0.2, 0) is 24.8 Å². The summed E-state index contributed by atoms with van der Waals surface area (Å²) in [6, 6.07) is 18.1. The molecule has 154 valence electrons. The molecule has 0 aromatic heterocycles. The molecule has 1 N–H and O–H groups in total. The van der Waals surface area contributed by atoms with Crippen molar-refractivity contribution < 1.29 is 19.1 Å². The van der Waals surface area contributed by atoms with Gasteiger partial charge in [-0.25, -0.2) is 9.59 Å². The number of hydrogen-bond acceptors (Lipinski definition) is 6. The van der Waals surface area contributed by atoms with Crippen LogP contribution in [0.5, 0.6) is 0 Å². The summed E-state index contributed by atoms with van der Waals surface area (Å²) in [7, 11) is 1.37. The van der Waals surface area contributed by atoms with Crippen LogP contribution in [0.3, 0.4) is 0 Å². The molecular weight excluding hydrogens is 398 g/mol. The lowest BCUT2D eigenvalue weighted by Crippen LogP contribution is -2.31. The lowest BCUT2D eigenvalue weighted by Gasteiger charge is -2.29. The zero-order chi connectivity index (χ0) is 21.1. The molecule has 0 radical (unpaired) electrons. The third-order valence-electron chi connectivity index (χ3n) is 5.32. The number of nitrogens with one attached hydrogen (secondary N) is 1. The molecule has 0 bridgehead atoms. The second-order valence-electron chi connectivity index (χ2n) is 7.08. The molecule has 1 unspecified atom stereocenters. The van der Waals surface area contributed by atoms with Crippen LogP contribution in [0.2, 0.25) is 0 Å². The van der Waals surface area contributed by atoms with E-state index in [9.17, 15) is 9.59 Å². The second kappa shape index (κ2) is 8.79. The monoisotopic (exact) mass is 421 g/mol. The lowest BCUT2D eigenvalue weighted by molar-refractivity contribution is -0.136. The molecular formula is C24H23NO4S. The Morgan fingerprint density at radius 2 is 1.90 bits per heavy atom. The number of benzene rings is 2. The number of methoxy groups -OCH3 is 1. The van der Waals surface area contributed by atoms with Crippen LogP contribution in [0.4, 0.5) is 0 Å². The van der Waals surface area contributed by atoms with Crippen LogP contribution in [0.1, 0.15) is 30.4 Å². The third-order valence-corrected chi connectivity index (χ3v) is 6.48. The number of thioether (sulfide) groups is 1. The second-order valence-corrected chi connectivity index (χ2v) is 8.09. The maximum atomic E-state index is 12.8. The minimum absolute atomic E-state index is 0.196. The fourth-order valence-corrected chi connectivity index (χ4v) is 4.95. The number of cyclic esters (lactones) is 1. The van der Waals surface area contributed by atoms with Gasteiger partial charge in [0.15, 0.2) is 0 Å². The predicted octanol–water partition coefficient (Wildman–Crippen LogP) is 4.31. The number of hydrogen-bond donors (Lipinski definition) is 1. The molecule has 0 saturated carbocycles. The van der Waals surface area contributed by atoms with Crippen molar-refractivity contribution in [3.63, 3.8) is 0 Å². The van der Waals surface area contributed by atoms with Gasteiger partial charge in [-0.2, -0.15) is 0 Å². The first-order valence-electron chi connectivity index (χ1n) is 9.88. The molecule has 1 atom stereocenters. The van der Waals surface area contributed by atoms with Crippen LogP contribution in [0.25, 0.3) is 0 Å². The van der Waals surface area contributed by atoms with Gasteiger partial charge in [0.2, 0.25) is 0 Å². The number of esters is 2. The van der Waals surface area contributed by atoms with Gasteiger partial charge in [-0.15, -0.1) is 11.8 Å². The molecule has 4 rings (SSSR count). The minimum Gasteiger partial charge on any atom is -0.466 e. The summed E-state index contributed by atoms with van der Waals surface area (Å²) in [6.07, 6.45) is 0.616. The molecule has 2 aliphatic rings. The predicted molar refractivity (Wildman–Crippen MR) is 116 cm³/mol. The Labute approximate surface area is 180 Å². The van der Waals surface area contributed by atoms with Gasteiger partial charge in [-0.05, 0) is 23.6 Å². The van der Waals surface area contributed by atoms with Crippen molar-refractivity contribution >= 4 is 23.7 Å². The van der Waals surface area contributed by atoms with Crippen molar-refractivity contribution in [2.24, 2.45) is 0 Å². The highest BCUT2D eigenvalue weighted by molar-refractivity contribution is 7.98. The number of carbonyl (C=O) groups excluding carboxylic acids is 2. The number of rotatable bonds is 6. The van der Waals surface area contributed by atoms with Gasteiger partial charge in [0.25, 0.3) is 0 Å². The summed E-state index contributed by atoms with van der Waals surface area (Å²) in [5.41, 5.74) is 4.60. The van der Waals surface area contributed by atoms with Crippen LogP contribution in [0.15, 0.2) is 82.0 Å². The summed E-state index contributed by atoms with van der Waals surface area (Å²) in [6.45, 7) is 2.17. The van der Waals surface area contributed by atoms with Crippen molar-refractivity contribution in [3.8, 4) is 0 Å². The average molecular weight is 422 g/mol. The third kappa shape index (κ3) is 3.75. The number of allylic oxidation sites excluding steroid dienone is 1. The first kappa shape index (κ1) is 20.3. The van der Waals surface area contributed by atoms with E-state index in [1.807, 2.05) is 49.4 Å². The van der Waals surface area contributed by atoms with E-state index in [0.717, 1.165) is 27.6 Å². The van der Waals surface area contributed by atoms with Crippen molar-refractivity contribution in [3.05, 3.63) is 88.3 Å². The van der Waals surface area contributed by atoms with E-state index in [1.165, 1.54) is 12.7 Å². The molecule has 2 aromatic rings. The fraction of sp³-hybridized carbons (Fsp3) is 0.250. The Morgan fingerprint density at radius 3 is 2.63 bits per heavy atom. The Balaban J connectivity index is 1.79. The molecule has 2 aliphatic heterocycles. The van der Waals surface area contributed by atoms with E-state index in [-0.39, 0.29) is 12.6 Å². The van der Waals surface area contributed by atoms with E-state index >= 15 is 0 Å². The molecule has 0 saturated heterocycles. The summed E-state index contributed by atoms with van der Waals surface area (Å²) in [5, 5.41) is 3.24. The highest BCUT2D eigenvalue weighted by Gasteiger charge is 2.42. The Morgan fingerprint density at radius 1 is 1.17 bits per heavy atom. The highest BCUT2D eigenvalue weighted by Crippen LogP contribution is 2.45. The fourth-order valence-electron chi connectivity index (χ4n) is 3.91. The largest absolute Gasteiger partial charge is 0.466 e. The van der Waals surface area contributed by atoms with Crippen LogP contribution in [0, 0.1) is 0 Å². The molecule has 30 heavy (non-hydrogen) atoms. The average Bonchev–Trinajstić information content (AvgIpc) is 3.17. The molecule has 0 amide bonds. The normalized spacial score (nSPS) is 18.1. The summed E-state index contributed by atoms with van der Waals surface area (Å²) >= 11 is 1.69. The number of ether oxygens (including phenoxy) is 2. The van der Waals surface area contributed by atoms with E-state index in [0.29, 0.717) is 17.6 Å².